The molecule has 26 heavy (non-hydrogen) atoms. The fourth-order valence-electron chi connectivity index (χ4n) is 2.56. The van der Waals surface area contributed by atoms with Crippen molar-refractivity contribution in [3.8, 4) is 16.9 Å². The van der Waals surface area contributed by atoms with Crippen molar-refractivity contribution in [1.82, 2.24) is 5.48 Å². The molecule has 1 amide bonds. The fraction of sp³-hybridized carbons (Fsp3) is 0.136. The first-order valence-electron chi connectivity index (χ1n) is 8.49. The number of para-hydroxylation sites is 1. The van der Waals surface area contributed by atoms with Crippen LogP contribution in [0.2, 0.25) is 0 Å². The van der Waals surface area contributed by atoms with E-state index in [1.54, 1.807) is 6.07 Å². The van der Waals surface area contributed by atoms with Gasteiger partial charge in [-0.05, 0) is 42.3 Å². The van der Waals surface area contributed by atoms with Crippen molar-refractivity contribution in [3.63, 3.8) is 0 Å². The van der Waals surface area contributed by atoms with Crippen LogP contribution in [0, 0.1) is 6.92 Å². The summed E-state index contributed by atoms with van der Waals surface area (Å²) in [5, 5.41) is 0. The third kappa shape index (κ3) is 4.94. The third-order valence-electron chi connectivity index (χ3n) is 3.84. The lowest BCUT2D eigenvalue weighted by Crippen LogP contribution is -2.26. The van der Waals surface area contributed by atoms with Crippen molar-refractivity contribution in [2.75, 3.05) is 13.2 Å². The standard InChI is InChI=1S/C22H21NO3/c1-17-7-5-8-18(15-17)19-9-6-10-20(16-19)22(24)23-26-14-13-25-21-11-3-2-4-12-21/h2-12,15-16H,13-14H2,1H3,(H,23,24). The minimum atomic E-state index is -0.279. The van der Waals surface area contributed by atoms with Crippen LogP contribution in [-0.2, 0) is 4.84 Å². The summed E-state index contributed by atoms with van der Waals surface area (Å²) < 4.78 is 5.51. The molecule has 0 heterocycles. The molecule has 0 bridgehead atoms. The number of hydrogen-bond donors (Lipinski definition) is 1. The number of hydrogen-bond acceptors (Lipinski definition) is 3. The van der Waals surface area contributed by atoms with E-state index in [2.05, 4.69) is 11.5 Å². The molecule has 0 aliphatic heterocycles. The van der Waals surface area contributed by atoms with Gasteiger partial charge in [-0.3, -0.25) is 9.63 Å². The van der Waals surface area contributed by atoms with Crippen molar-refractivity contribution in [2.45, 2.75) is 6.92 Å². The van der Waals surface area contributed by atoms with Crippen LogP contribution in [0.5, 0.6) is 5.75 Å². The zero-order valence-electron chi connectivity index (χ0n) is 14.6. The van der Waals surface area contributed by atoms with Crippen molar-refractivity contribution in [1.29, 1.82) is 0 Å². The zero-order chi connectivity index (χ0) is 18.2. The largest absolute Gasteiger partial charge is 0.491 e. The lowest BCUT2D eigenvalue weighted by Gasteiger charge is -2.09. The highest BCUT2D eigenvalue weighted by Crippen LogP contribution is 2.21. The quantitative estimate of drug-likeness (QED) is 0.509. The molecule has 0 aliphatic rings. The van der Waals surface area contributed by atoms with Crippen LogP contribution >= 0.6 is 0 Å². The van der Waals surface area contributed by atoms with E-state index in [0.717, 1.165) is 16.9 Å². The number of benzene rings is 3. The molecular formula is C22H21NO3. The van der Waals surface area contributed by atoms with Gasteiger partial charge in [0.1, 0.15) is 19.0 Å². The van der Waals surface area contributed by atoms with Crippen LogP contribution in [0.25, 0.3) is 11.1 Å². The Morgan fingerprint density at radius 1 is 0.846 bits per heavy atom. The van der Waals surface area contributed by atoms with Crippen molar-refractivity contribution in [2.24, 2.45) is 0 Å². The Morgan fingerprint density at radius 3 is 2.35 bits per heavy atom. The smallest absolute Gasteiger partial charge is 0.274 e. The van der Waals surface area contributed by atoms with Gasteiger partial charge in [0.2, 0.25) is 0 Å². The number of nitrogens with one attached hydrogen (secondary N) is 1. The molecule has 0 unspecified atom stereocenters. The molecule has 4 nitrogen and oxygen atoms in total. The van der Waals surface area contributed by atoms with E-state index >= 15 is 0 Å². The monoisotopic (exact) mass is 347 g/mol. The van der Waals surface area contributed by atoms with E-state index in [-0.39, 0.29) is 12.5 Å². The van der Waals surface area contributed by atoms with Gasteiger partial charge >= 0.3 is 0 Å². The minimum absolute atomic E-state index is 0.262. The van der Waals surface area contributed by atoms with Crippen LogP contribution in [0.3, 0.4) is 0 Å². The number of aryl methyl sites for hydroxylation is 1. The lowest BCUT2D eigenvalue weighted by molar-refractivity contribution is 0.0200. The first-order chi connectivity index (χ1) is 12.7. The van der Waals surface area contributed by atoms with Crippen LogP contribution in [0.4, 0.5) is 0 Å². The summed E-state index contributed by atoms with van der Waals surface area (Å²) in [5.74, 6) is 0.493. The molecule has 0 aromatic heterocycles. The first-order valence-corrected chi connectivity index (χ1v) is 8.49. The fourth-order valence-corrected chi connectivity index (χ4v) is 2.56. The molecule has 0 saturated carbocycles. The Bertz CT molecular complexity index is 862. The maximum Gasteiger partial charge on any atom is 0.274 e. The Labute approximate surface area is 153 Å². The minimum Gasteiger partial charge on any atom is -0.491 e. The molecule has 0 radical (unpaired) electrons. The second-order valence-corrected chi connectivity index (χ2v) is 5.89. The van der Waals surface area contributed by atoms with Crippen molar-refractivity contribution in [3.05, 3.63) is 90.0 Å². The summed E-state index contributed by atoms with van der Waals surface area (Å²) in [6.07, 6.45) is 0. The molecule has 4 heteroatoms. The second-order valence-electron chi connectivity index (χ2n) is 5.89. The van der Waals surface area contributed by atoms with E-state index < -0.39 is 0 Å². The molecule has 132 valence electrons. The molecule has 3 aromatic rings. The lowest BCUT2D eigenvalue weighted by atomic mass is 10.0. The van der Waals surface area contributed by atoms with Gasteiger partial charge in [-0.1, -0.05) is 60.2 Å². The number of amides is 1. The van der Waals surface area contributed by atoms with Gasteiger partial charge in [0.05, 0.1) is 0 Å². The highest BCUT2D eigenvalue weighted by atomic mass is 16.7. The molecule has 0 saturated heterocycles. The van der Waals surface area contributed by atoms with Gasteiger partial charge in [-0.25, -0.2) is 5.48 Å². The number of carbonyl (C=O) groups excluding carboxylic acids is 1. The molecule has 3 rings (SSSR count). The average Bonchev–Trinajstić information content (AvgIpc) is 2.68. The summed E-state index contributed by atoms with van der Waals surface area (Å²) in [5.41, 5.74) is 6.26. The predicted octanol–water partition coefficient (Wildman–Crippen LogP) is 4.40. The van der Waals surface area contributed by atoms with Crippen molar-refractivity contribution < 1.29 is 14.4 Å². The zero-order valence-corrected chi connectivity index (χ0v) is 14.6. The van der Waals surface area contributed by atoms with E-state index in [9.17, 15) is 4.79 Å². The summed E-state index contributed by atoms with van der Waals surface area (Å²) in [4.78, 5) is 17.5. The first kappa shape index (κ1) is 17.7. The average molecular weight is 347 g/mol. The molecule has 0 spiro atoms. The van der Waals surface area contributed by atoms with Gasteiger partial charge in [0, 0.05) is 5.56 Å². The second kappa shape index (κ2) is 8.83. The molecule has 1 N–H and O–H groups in total. The Morgan fingerprint density at radius 2 is 1.58 bits per heavy atom. The third-order valence-corrected chi connectivity index (χ3v) is 3.84. The summed E-state index contributed by atoms with van der Waals surface area (Å²) >= 11 is 0. The van der Waals surface area contributed by atoms with Crippen LogP contribution in [0.15, 0.2) is 78.9 Å². The Kier molecular flexibility index (Phi) is 6.01. The summed E-state index contributed by atoms with van der Waals surface area (Å²) in [6.45, 7) is 2.66. The Hall–Kier alpha value is -3.11. The highest BCUT2D eigenvalue weighted by molar-refractivity contribution is 5.94. The van der Waals surface area contributed by atoms with Gasteiger partial charge in [0.25, 0.3) is 5.91 Å². The maximum atomic E-state index is 12.3. The highest BCUT2D eigenvalue weighted by Gasteiger charge is 2.07. The molecule has 0 fully saturated rings. The van der Waals surface area contributed by atoms with Gasteiger partial charge in [-0.15, -0.1) is 0 Å². The number of ether oxygens (including phenoxy) is 1. The van der Waals surface area contributed by atoms with E-state index in [1.165, 1.54) is 5.56 Å². The van der Waals surface area contributed by atoms with Crippen molar-refractivity contribution >= 4 is 5.91 Å². The predicted molar refractivity (Wildman–Crippen MR) is 102 cm³/mol. The van der Waals surface area contributed by atoms with E-state index in [1.807, 2.05) is 73.7 Å². The topological polar surface area (TPSA) is 47.6 Å². The number of rotatable bonds is 7. The molecular weight excluding hydrogens is 326 g/mol. The van der Waals surface area contributed by atoms with Crippen LogP contribution in [0.1, 0.15) is 15.9 Å². The van der Waals surface area contributed by atoms with Gasteiger partial charge < -0.3 is 4.74 Å². The number of hydroxylamine groups is 1. The Balaban J connectivity index is 1.51. The maximum absolute atomic E-state index is 12.3. The van der Waals surface area contributed by atoms with E-state index in [4.69, 9.17) is 9.57 Å². The van der Waals surface area contributed by atoms with Gasteiger partial charge in [0.15, 0.2) is 0 Å². The SMILES string of the molecule is Cc1cccc(-c2cccc(C(=O)NOCCOc3ccccc3)c2)c1. The normalized spacial score (nSPS) is 10.3. The van der Waals surface area contributed by atoms with E-state index in [0.29, 0.717) is 12.2 Å². The summed E-state index contributed by atoms with van der Waals surface area (Å²) in [6, 6.07) is 25.1. The van der Waals surface area contributed by atoms with Crippen LogP contribution in [-0.4, -0.2) is 19.1 Å². The van der Waals surface area contributed by atoms with Gasteiger partial charge in [-0.2, -0.15) is 0 Å². The molecule has 0 atom stereocenters. The molecule has 3 aromatic carbocycles. The molecule has 0 aliphatic carbocycles. The number of carbonyl (C=O) groups is 1. The summed E-state index contributed by atoms with van der Waals surface area (Å²) in [7, 11) is 0. The van der Waals surface area contributed by atoms with Crippen LogP contribution < -0.4 is 10.2 Å².